The van der Waals surface area contributed by atoms with Gasteiger partial charge >= 0.3 is 5.97 Å². The first-order valence-corrected chi connectivity index (χ1v) is 6.27. The van der Waals surface area contributed by atoms with Gasteiger partial charge < -0.3 is 15.1 Å². The van der Waals surface area contributed by atoms with Gasteiger partial charge in [0, 0.05) is 19.6 Å². The normalized spacial score (nSPS) is 31.6. The highest BCUT2D eigenvalue weighted by molar-refractivity contribution is 5.66. The van der Waals surface area contributed by atoms with E-state index < -0.39 is 5.97 Å². The fourth-order valence-electron chi connectivity index (χ4n) is 2.57. The highest BCUT2D eigenvalue weighted by Gasteiger charge is 2.33. The van der Waals surface area contributed by atoms with E-state index in [4.69, 9.17) is 5.11 Å². The van der Waals surface area contributed by atoms with Gasteiger partial charge in [-0.05, 0) is 24.7 Å². The number of nitrogens with zero attached hydrogens (tertiary/aromatic N) is 1. The van der Waals surface area contributed by atoms with Gasteiger partial charge in [-0.2, -0.15) is 0 Å². The van der Waals surface area contributed by atoms with Crippen molar-refractivity contribution in [2.75, 3.05) is 19.6 Å². The number of hydrogen-bond donors (Lipinski definition) is 2. The molecule has 0 spiro atoms. The molecule has 0 aromatic rings. The molecule has 1 saturated carbocycles. The third-order valence-corrected chi connectivity index (χ3v) is 3.75. The Morgan fingerprint density at radius 3 is 2.69 bits per heavy atom. The summed E-state index contributed by atoms with van der Waals surface area (Å²) in [5.74, 6) is 0.471. The van der Waals surface area contributed by atoms with E-state index in [0.717, 1.165) is 31.8 Å². The number of aliphatic carboxylic acids is 1. The van der Waals surface area contributed by atoms with Crippen LogP contribution < -0.4 is 0 Å². The zero-order chi connectivity index (χ0) is 11.5. The van der Waals surface area contributed by atoms with Crippen molar-refractivity contribution in [3.63, 3.8) is 0 Å². The Morgan fingerprint density at radius 1 is 1.31 bits per heavy atom. The maximum atomic E-state index is 10.5. The van der Waals surface area contributed by atoms with Crippen LogP contribution in [-0.2, 0) is 4.79 Å². The van der Waals surface area contributed by atoms with Crippen molar-refractivity contribution in [1.82, 2.24) is 4.90 Å². The molecule has 2 aliphatic rings. The second-order valence-corrected chi connectivity index (χ2v) is 5.24. The van der Waals surface area contributed by atoms with E-state index in [9.17, 15) is 9.90 Å². The average Bonchev–Trinajstić information content (AvgIpc) is 3.03. The van der Waals surface area contributed by atoms with Gasteiger partial charge in [0.25, 0.3) is 0 Å². The minimum atomic E-state index is -0.732. The average molecular weight is 227 g/mol. The van der Waals surface area contributed by atoms with Crippen LogP contribution in [0.2, 0.25) is 0 Å². The molecule has 0 aromatic carbocycles. The fourth-order valence-corrected chi connectivity index (χ4v) is 2.57. The number of piperidine rings is 1. The molecule has 0 aromatic heterocycles. The highest BCUT2D eigenvalue weighted by Crippen LogP contribution is 2.37. The van der Waals surface area contributed by atoms with E-state index in [-0.39, 0.29) is 12.5 Å². The molecule has 0 radical (unpaired) electrons. The lowest BCUT2D eigenvalue weighted by Crippen LogP contribution is -2.44. The molecule has 4 heteroatoms. The summed E-state index contributed by atoms with van der Waals surface area (Å²) in [4.78, 5) is 12.7. The second-order valence-electron chi connectivity index (χ2n) is 5.24. The van der Waals surface area contributed by atoms with Gasteiger partial charge in [-0.15, -0.1) is 0 Å². The molecular formula is C12H21NO3. The van der Waals surface area contributed by atoms with Gasteiger partial charge in [-0.25, -0.2) is 0 Å². The minimum absolute atomic E-state index is 0.165. The standard InChI is InChI=1S/C12H21NO3/c14-11-3-5-13(6-4-12(15)16)8-10(11)7-9-1-2-9/h9-11,14H,1-8H2,(H,15,16). The number of carbonyl (C=O) groups is 1. The van der Waals surface area contributed by atoms with Crippen LogP contribution in [0.15, 0.2) is 0 Å². The van der Waals surface area contributed by atoms with Crippen LogP contribution >= 0.6 is 0 Å². The van der Waals surface area contributed by atoms with E-state index in [1.54, 1.807) is 0 Å². The SMILES string of the molecule is O=C(O)CCN1CCC(O)C(CC2CC2)C1. The van der Waals surface area contributed by atoms with Gasteiger partial charge in [0.15, 0.2) is 0 Å². The second kappa shape index (κ2) is 5.15. The lowest BCUT2D eigenvalue weighted by atomic mass is 9.90. The number of aliphatic hydroxyl groups excluding tert-OH is 1. The molecule has 2 N–H and O–H groups in total. The Hall–Kier alpha value is -0.610. The molecule has 2 atom stereocenters. The molecule has 4 nitrogen and oxygen atoms in total. The summed E-state index contributed by atoms with van der Waals surface area (Å²) in [5.41, 5.74) is 0. The first-order valence-electron chi connectivity index (χ1n) is 6.27. The molecule has 0 bridgehead atoms. The molecule has 1 saturated heterocycles. The summed E-state index contributed by atoms with van der Waals surface area (Å²) in [6, 6.07) is 0. The van der Waals surface area contributed by atoms with Crippen molar-refractivity contribution >= 4 is 5.97 Å². The van der Waals surface area contributed by atoms with Crippen LogP contribution in [0.3, 0.4) is 0 Å². The number of aliphatic hydroxyl groups is 1. The summed E-state index contributed by atoms with van der Waals surface area (Å²) in [7, 11) is 0. The Balaban J connectivity index is 1.76. The van der Waals surface area contributed by atoms with Crippen LogP contribution in [0.1, 0.15) is 32.1 Å². The zero-order valence-corrected chi connectivity index (χ0v) is 9.64. The lowest BCUT2D eigenvalue weighted by molar-refractivity contribution is -0.137. The quantitative estimate of drug-likeness (QED) is 0.734. The molecule has 2 fully saturated rings. The minimum Gasteiger partial charge on any atom is -0.481 e. The Morgan fingerprint density at radius 2 is 2.06 bits per heavy atom. The predicted molar refractivity (Wildman–Crippen MR) is 60.1 cm³/mol. The molecule has 92 valence electrons. The topological polar surface area (TPSA) is 60.8 Å². The molecule has 2 rings (SSSR count). The van der Waals surface area contributed by atoms with Crippen molar-refractivity contribution in [1.29, 1.82) is 0 Å². The van der Waals surface area contributed by atoms with Crippen molar-refractivity contribution in [2.24, 2.45) is 11.8 Å². The maximum Gasteiger partial charge on any atom is 0.304 e. The summed E-state index contributed by atoms with van der Waals surface area (Å²) >= 11 is 0. The molecule has 1 aliphatic heterocycles. The number of likely N-dealkylation sites (tertiary alicyclic amines) is 1. The van der Waals surface area contributed by atoms with Crippen molar-refractivity contribution in [2.45, 2.75) is 38.2 Å². The monoisotopic (exact) mass is 227 g/mol. The summed E-state index contributed by atoms with van der Waals surface area (Å²) in [6.07, 6.45) is 4.62. The predicted octanol–water partition coefficient (Wildman–Crippen LogP) is 0.944. The third-order valence-electron chi connectivity index (χ3n) is 3.75. The van der Waals surface area contributed by atoms with Crippen LogP contribution in [0.5, 0.6) is 0 Å². The summed E-state index contributed by atoms with van der Waals surface area (Å²) in [6.45, 7) is 2.35. The van der Waals surface area contributed by atoms with E-state index in [1.807, 2.05) is 0 Å². The lowest BCUT2D eigenvalue weighted by Gasteiger charge is -2.36. The molecule has 1 aliphatic carbocycles. The van der Waals surface area contributed by atoms with Crippen molar-refractivity contribution < 1.29 is 15.0 Å². The Kier molecular flexibility index (Phi) is 3.82. The molecular weight excluding hydrogens is 206 g/mol. The van der Waals surface area contributed by atoms with Crippen LogP contribution in [0, 0.1) is 11.8 Å². The van der Waals surface area contributed by atoms with Crippen LogP contribution in [0.4, 0.5) is 0 Å². The first kappa shape index (κ1) is 11.9. The number of hydrogen-bond acceptors (Lipinski definition) is 3. The van der Waals surface area contributed by atoms with E-state index in [1.165, 1.54) is 12.8 Å². The van der Waals surface area contributed by atoms with Gasteiger partial charge in [0.1, 0.15) is 0 Å². The largest absolute Gasteiger partial charge is 0.481 e. The highest BCUT2D eigenvalue weighted by atomic mass is 16.4. The molecule has 1 heterocycles. The zero-order valence-electron chi connectivity index (χ0n) is 9.64. The van der Waals surface area contributed by atoms with Gasteiger partial charge in [-0.1, -0.05) is 12.8 Å². The van der Waals surface area contributed by atoms with E-state index in [2.05, 4.69) is 4.90 Å². The van der Waals surface area contributed by atoms with Gasteiger partial charge in [0.2, 0.25) is 0 Å². The van der Waals surface area contributed by atoms with Gasteiger partial charge in [-0.3, -0.25) is 4.79 Å². The van der Waals surface area contributed by atoms with Crippen LogP contribution in [0.25, 0.3) is 0 Å². The molecule has 2 unspecified atom stereocenters. The first-order chi connectivity index (χ1) is 7.65. The summed E-state index contributed by atoms with van der Waals surface area (Å²) in [5, 5.41) is 18.5. The Labute approximate surface area is 96.3 Å². The summed E-state index contributed by atoms with van der Waals surface area (Å²) < 4.78 is 0. The number of carboxylic acid groups (broad SMARTS) is 1. The van der Waals surface area contributed by atoms with Crippen molar-refractivity contribution in [3.05, 3.63) is 0 Å². The van der Waals surface area contributed by atoms with Gasteiger partial charge in [0.05, 0.1) is 12.5 Å². The van der Waals surface area contributed by atoms with E-state index in [0.29, 0.717) is 12.5 Å². The van der Waals surface area contributed by atoms with Crippen LogP contribution in [-0.4, -0.2) is 46.8 Å². The smallest absolute Gasteiger partial charge is 0.304 e. The molecule has 0 amide bonds. The maximum absolute atomic E-state index is 10.5. The van der Waals surface area contributed by atoms with E-state index >= 15 is 0 Å². The number of rotatable bonds is 5. The fraction of sp³-hybridized carbons (Fsp3) is 0.917. The number of carboxylic acids is 1. The third kappa shape index (κ3) is 3.46. The molecule has 16 heavy (non-hydrogen) atoms. The van der Waals surface area contributed by atoms with Crippen molar-refractivity contribution in [3.8, 4) is 0 Å². The Bertz CT molecular complexity index is 253.